The molecule has 30 heavy (non-hydrogen) atoms. The Morgan fingerprint density at radius 1 is 1.07 bits per heavy atom. The van der Waals surface area contributed by atoms with Gasteiger partial charge in [-0.1, -0.05) is 37.3 Å². The normalized spacial score (nSPS) is 11.5. The average molecular weight is 437 g/mol. The molecule has 0 fully saturated rings. The number of nitrogens with zero attached hydrogens (tertiary/aromatic N) is 1. The summed E-state index contributed by atoms with van der Waals surface area (Å²) in [6, 6.07) is 17.4. The Labute approximate surface area is 179 Å². The van der Waals surface area contributed by atoms with Gasteiger partial charge in [-0.25, -0.2) is 8.42 Å². The van der Waals surface area contributed by atoms with E-state index in [2.05, 4.69) is 10.3 Å². The van der Waals surface area contributed by atoms with Gasteiger partial charge in [-0.15, -0.1) is 11.3 Å². The molecule has 2 aromatic heterocycles. The van der Waals surface area contributed by atoms with Crippen LogP contribution in [-0.2, 0) is 22.8 Å². The van der Waals surface area contributed by atoms with Gasteiger partial charge in [-0.05, 0) is 53.3 Å². The number of hydrogen-bond acceptors (Lipinski definition) is 5. The summed E-state index contributed by atoms with van der Waals surface area (Å²) in [7, 11) is -3.58. The Hall–Kier alpha value is -3.03. The van der Waals surface area contributed by atoms with Crippen molar-refractivity contribution in [3.63, 3.8) is 0 Å². The summed E-state index contributed by atoms with van der Waals surface area (Å²) in [5.41, 5.74) is 1.63. The van der Waals surface area contributed by atoms with Gasteiger partial charge in [0, 0.05) is 18.9 Å². The Morgan fingerprint density at radius 3 is 2.57 bits per heavy atom. The van der Waals surface area contributed by atoms with Gasteiger partial charge in [0.2, 0.25) is 9.84 Å². The first-order chi connectivity index (χ1) is 14.5. The molecule has 0 aliphatic heterocycles. The van der Waals surface area contributed by atoms with E-state index in [4.69, 9.17) is 0 Å². The first-order valence-corrected chi connectivity index (χ1v) is 11.8. The number of carbonyl (C=O) groups is 1. The summed E-state index contributed by atoms with van der Waals surface area (Å²) in [6.45, 7) is 2.25. The molecule has 0 aliphatic carbocycles. The van der Waals surface area contributed by atoms with Crippen LogP contribution >= 0.6 is 11.3 Å². The zero-order valence-corrected chi connectivity index (χ0v) is 18.0. The third kappa shape index (κ3) is 3.99. The highest BCUT2D eigenvalue weighted by Crippen LogP contribution is 2.26. The maximum Gasteiger partial charge on any atom is 0.261 e. The molecule has 0 spiro atoms. The second-order valence-electron chi connectivity index (χ2n) is 6.82. The molecule has 1 N–H and O–H groups in total. The summed E-state index contributed by atoms with van der Waals surface area (Å²) in [5, 5.41) is 3.87. The van der Waals surface area contributed by atoms with E-state index in [1.807, 2.05) is 31.2 Å². The van der Waals surface area contributed by atoms with Crippen molar-refractivity contribution < 1.29 is 13.2 Å². The molecule has 0 saturated heterocycles. The van der Waals surface area contributed by atoms with Crippen molar-refractivity contribution >= 4 is 37.2 Å². The second kappa shape index (κ2) is 8.38. The highest BCUT2D eigenvalue weighted by molar-refractivity contribution is 7.91. The topological polar surface area (TPSA) is 76.1 Å². The quantitative estimate of drug-likeness (QED) is 0.478. The molecule has 1 amide bonds. The fourth-order valence-corrected chi connectivity index (χ4v) is 5.75. The zero-order valence-electron chi connectivity index (χ0n) is 16.3. The minimum absolute atomic E-state index is 0.162. The highest BCUT2D eigenvalue weighted by Gasteiger charge is 2.20. The number of aromatic nitrogens is 1. The van der Waals surface area contributed by atoms with Crippen molar-refractivity contribution in [3.8, 4) is 0 Å². The van der Waals surface area contributed by atoms with Crippen LogP contribution in [0.4, 0.5) is 0 Å². The molecule has 7 heteroatoms. The minimum atomic E-state index is -3.58. The van der Waals surface area contributed by atoms with E-state index in [0.717, 1.165) is 21.2 Å². The van der Waals surface area contributed by atoms with Crippen molar-refractivity contribution in [1.29, 1.82) is 0 Å². The van der Waals surface area contributed by atoms with Crippen molar-refractivity contribution in [2.75, 3.05) is 0 Å². The molecular formula is C23H20N2O3S2. The SMILES string of the molecule is CCc1ccccc1S(=O)(=O)c1ccc(CNC(=O)c2cc3ccncc3s2)cc1. The van der Waals surface area contributed by atoms with E-state index in [-0.39, 0.29) is 10.8 Å². The summed E-state index contributed by atoms with van der Waals surface area (Å²) < 4.78 is 26.9. The van der Waals surface area contributed by atoms with Gasteiger partial charge in [0.1, 0.15) is 0 Å². The molecule has 0 atom stereocenters. The molecule has 4 rings (SSSR count). The van der Waals surface area contributed by atoms with Gasteiger partial charge in [0.25, 0.3) is 5.91 Å². The third-order valence-corrected chi connectivity index (χ3v) is 7.83. The Kier molecular flexibility index (Phi) is 5.65. The fourth-order valence-electron chi connectivity index (χ4n) is 3.24. The Balaban J connectivity index is 1.47. The number of carbonyl (C=O) groups excluding carboxylic acids is 1. The molecule has 2 heterocycles. The lowest BCUT2D eigenvalue weighted by atomic mass is 10.2. The van der Waals surface area contributed by atoms with E-state index in [1.54, 1.807) is 48.8 Å². The number of aryl methyl sites for hydroxylation is 1. The van der Waals surface area contributed by atoms with Crippen molar-refractivity contribution in [2.24, 2.45) is 0 Å². The Morgan fingerprint density at radius 2 is 1.83 bits per heavy atom. The highest BCUT2D eigenvalue weighted by atomic mass is 32.2. The molecule has 5 nitrogen and oxygen atoms in total. The number of sulfone groups is 1. The summed E-state index contributed by atoms with van der Waals surface area (Å²) in [5.74, 6) is -0.162. The van der Waals surface area contributed by atoms with Crippen LogP contribution in [0.25, 0.3) is 10.1 Å². The lowest BCUT2D eigenvalue weighted by molar-refractivity contribution is 0.0955. The predicted octanol–water partition coefficient (Wildman–Crippen LogP) is 4.62. The third-order valence-electron chi connectivity index (χ3n) is 4.88. The summed E-state index contributed by atoms with van der Waals surface area (Å²) in [4.78, 5) is 17.7. The van der Waals surface area contributed by atoms with Gasteiger partial charge < -0.3 is 5.32 Å². The minimum Gasteiger partial charge on any atom is -0.347 e. The van der Waals surface area contributed by atoms with Crippen molar-refractivity contribution in [1.82, 2.24) is 10.3 Å². The molecule has 2 aromatic carbocycles. The summed E-state index contributed by atoms with van der Waals surface area (Å²) in [6.07, 6.45) is 4.09. The van der Waals surface area contributed by atoms with E-state index in [1.165, 1.54) is 11.3 Å². The molecule has 4 aromatic rings. The number of nitrogens with one attached hydrogen (secondary N) is 1. The second-order valence-corrected chi connectivity index (χ2v) is 9.82. The zero-order chi connectivity index (χ0) is 21.1. The number of benzene rings is 2. The standard InChI is InChI=1S/C23H20N2O3S2/c1-2-17-5-3-4-6-22(17)30(27,28)19-9-7-16(8-10-19)14-25-23(26)20-13-18-11-12-24-15-21(18)29-20/h3-13,15H,2,14H2,1H3,(H,25,26). The molecule has 0 bridgehead atoms. The van der Waals surface area contributed by atoms with Crippen LogP contribution in [0, 0.1) is 0 Å². The van der Waals surface area contributed by atoms with Crippen LogP contribution in [0.1, 0.15) is 27.7 Å². The lowest BCUT2D eigenvalue weighted by Crippen LogP contribution is -2.21. The van der Waals surface area contributed by atoms with Crippen LogP contribution < -0.4 is 5.32 Å². The molecular weight excluding hydrogens is 416 g/mol. The monoisotopic (exact) mass is 436 g/mol. The van der Waals surface area contributed by atoms with E-state index >= 15 is 0 Å². The number of hydrogen-bond donors (Lipinski definition) is 1. The van der Waals surface area contributed by atoms with E-state index in [0.29, 0.717) is 22.7 Å². The van der Waals surface area contributed by atoms with Gasteiger partial charge in [0.15, 0.2) is 0 Å². The fraction of sp³-hybridized carbons (Fsp3) is 0.130. The molecule has 152 valence electrons. The van der Waals surface area contributed by atoms with Gasteiger partial charge >= 0.3 is 0 Å². The number of thiophene rings is 1. The molecule has 0 saturated carbocycles. The van der Waals surface area contributed by atoms with Crippen molar-refractivity contribution in [3.05, 3.63) is 89.1 Å². The van der Waals surface area contributed by atoms with E-state index < -0.39 is 9.84 Å². The number of amides is 1. The average Bonchev–Trinajstić information content (AvgIpc) is 3.22. The largest absolute Gasteiger partial charge is 0.347 e. The van der Waals surface area contributed by atoms with Gasteiger partial charge in [0.05, 0.1) is 19.4 Å². The summed E-state index contributed by atoms with van der Waals surface area (Å²) >= 11 is 1.39. The predicted molar refractivity (Wildman–Crippen MR) is 119 cm³/mol. The van der Waals surface area contributed by atoms with E-state index in [9.17, 15) is 13.2 Å². The number of rotatable bonds is 6. The number of fused-ring (bicyclic) bond motifs is 1. The van der Waals surface area contributed by atoms with Crippen LogP contribution in [0.2, 0.25) is 0 Å². The van der Waals surface area contributed by atoms with Crippen LogP contribution in [0.5, 0.6) is 0 Å². The maximum atomic E-state index is 13.0. The van der Waals surface area contributed by atoms with Crippen molar-refractivity contribution in [2.45, 2.75) is 29.7 Å². The van der Waals surface area contributed by atoms with Crippen LogP contribution in [-0.4, -0.2) is 19.3 Å². The smallest absolute Gasteiger partial charge is 0.261 e. The van der Waals surface area contributed by atoms with Gasteiger partial charge in [-0.3, -0.25) is 9.78 Å². The lowest BCUT2D eigenvalue weighted by Gasteiger charge is -2.10. The first kappa shape index (κ1) is 20.3. The van der Waals surface area contributed by atoms with Crippen LogP contribution in [0.3, 0.4) is 0 Å². The van der Waals surface area contributed by atoms with Gasteiger partial charge in [-0.2, -0.15) is 0 Å². The number of pyridine rings is 1. The maximum absolute atomic E-state index is 13.0. The molecule has 0 unspecified atom stereocenters. The Bertz CT molecular complexity index is 1280. The first-order valence-electron chi connectivity index (χ1n) is 9.52. The molecule has 0 radical (unpaired) electrons. The van der Waals surface area contributed by atoms with Crippen LogP contribution in [0.15, 0.2) is 82.8 Å². The molecule has 0 aliphatic rings.